The molecule has 1 aromatic rings. The molecule has 1 aromatic heterocycles. The number of halogens is 1. The van der Waals surface area contributed by atoms with Crippen LogP contribution < -0.4 is 5.32 Å². The summed E-state index contributed by atoms with van der Waals surface area (Å²) >= 11 is 2.15. The number of hydrogen-bond acceptors (Lipinski definition) is 4. The van der Waals surface area contributed by atoms with Crippen LogP contribution in [0.2, 0.25) is 0 Å². The summed E-state index contributed by atoms with van der Waals surface area (Å²) < 4.78 is 0.991. The van der Waals surface area contributed by atoms with E-state index < -0.39 is 6.10 Å². The van der Waals surface area contributed by atoms with Crippen molar-refractivity contribution in [2.75, 3.05) is 18.5 Å². The van der Waals surface area contributed by atoms with E-state index in [1.807, 2.05) is 12.1 Å². The van der Waals surface area contributed by atoms with E-state index in [9.17, 15) is 0 Å². The molecule has 4 nitrogen and oxygen atoms in total. The van der Waals surface area contributed by atoms with Crippen LogP contribution in [-0.2, 0) is 0 Å². The van der Waals surface area contributed by atoms with Crippen LogP contribution in [0.4, 0.5) is 5.82 Å². The van der Waals surface area contributed by atoms with Gasteiger partial charge in [-0.25, -0.2) is 4.98 Å². The second kappa shape index (κ2) is 5.36. The zero-order valence-electron chi connectivity index (χ0n) is 6.94. The molecule has 0 aliphatic rings. The van der Waals surface area contributed by atoms with Gasteiger partial charge in [0.25, 0.3) is 0 Å². The van der Waals surface area contributed by atoms with Crippen molar-refractivity contribution in [3.63, 3.8) is 0 Å². The lowest BCUT2D eigenvalue weighted by Gasteiger charge is -2.10. The largest absolute Gasteiger partial charge is 0.394 e. The van der Waals surface area contributed by atoms with Crippen molar-refractivity contribution in [1.29, 1.82) is 0 Å². The summed E-state index contributed by atoms with van der Waals surface area (Å²) in [5.74, 6) is 0.732. The number of pyridine rings is 1. The average Bonchev–Trinajstić information content (AvgIpc) is 2.16. The molecule has 72 valence electrons. The Morgan fingerprint density at radius 3 is 3.00 bits per heavy atom. The molecule has 1 unspecified atom stereocenters. The molecule has 0 aliphatic carbocycles. The maximum absolute atomic E-state index is 9.07. The van der Waals surface area contributed by atoms with Crippen LogP contribution in [0.5, 0.6) is 0 Å². The van der Waals surface area contributed by atoms with Crippen molar-refractivity contribution in [3.05, 3.63) is 21.9 Å². The Morgan fingerprint density at radius 2 is 2.38 bits per heavy atom. The third-order valence-electron chi connectivity index (χ3n) is 1.47. The predicted molar refractivity (Wildman–Crippen MR) is 58.5 cm³/mol. The van der Waals surface area contributed by atoms with Gasteiger partial charge in [-0.15, -0.1) is 0 Å². The number of aliphatic hydroxyl groups is 2. The SMILES string of the molecule is OCC(O)CNc1ncccc1I. The molecular weight excluding hydrogens is 283 g/mol. The highest BCUT2D eigenvalue weighted by atomic mass is 127. The summed E-state index contributed by atoms with van der Waals surface area (Å²) in [4.78, 5) is 4.07. The van der Waals surface area contributed by atoms with E-state index in [4.69, 9.17) is 10.2 Å². The first-order chi connectivity index (χ1) is 6.24. The van der Waals surface area contributed by atoms with E-state index in [-0.39, 0.29) is 6.61 Å². The number of aliphatic hydroxyl groups excluding tert-OH is 2. The van der Waals surface area contributed by atoms with Crippen molar-refractivity contribution in [3.8, 4) is 0 Å². The lowest BCUT2D eigenvalue weighted by molar-refractivity contribution is 0.105. The molecule has 0 aromatic carbocycles. The van der Waals surface area contributed by atoms with Crippen LogP contribution >= 0.6 is 22.6 Å². The van der Waals surface area contributed by atoms with Crippen LogP contribution in [0, 0.1) is 3.57 Å². The molecule has 0 bridgehead atoms. The van der Waals surface area contributed by atoms with Gasteiger partial charge in [-0.3, -0.25) is 0 Å². The maximum atomic E-state index is 9.07. The highest BCUT2D eigenvalue weighted by Gasteiger charge is 2.03. The predicted octanol–water partition coefficient (Wildman–Crippen LogP) is 0.451. The van der Waals surface area contributed by atoms with Crippen molar-refractivity contribution in [1.82, 2.24) is 4.98 Å². The van der Waals surface area contributed by atoms with E-state index in [1.54, 1.807) is 6.20 Å². The van der Waals surface area contributed by atoms with Crippen molar-refractivity contribution < 1.29 is 10.2 Å². The van der Waals surface area contributed by atoms with Crippen LogP contribution in [0.1, 0.15) is 0 Å². The first-order valence-electron chi connectivity index (χ1n) is 3.87. The molecule has 0 aliphatic heterocycles. The van der Waals surface area contributed by atoms with Crippen molar-refractivity contribution in [2.24, 2.45) is 0 Å². The Bertz CT molecular complexity index is 270. The first kappa shape index (κ1) is 10.7. The van der Waals surface area contributed by atoms with E-state index >= 15 is 0 Å². The third kappa shape index (κ3) is 3.45. The minimum absolute atomic E-state index is 0.240. The molecule has 0 saturated heterocycles. The topological polar surface area (TPSA) is 65.4 Å². The minimum Gasteiger partial charge on any atom is -0.394 e. The summed E-state index contributed by atoms with van der Waals surface area (Å²) in [5, 5.41) is 20.6. The Labute approximate surface area is 90.1 Å². The van der Waals surface area contributed by atoms with Crippen LogP contribution in [0.3, 0.4) is 0 Å². The van der Waals surface area contributed by atoms with Crippen molar-refractivity contribution >= 4 is 28.4 Å². The smallest absolute Gasteiger partial charge is 0.139 e. The Kier molecular flexibility index (Phi) is 4.40. The van der Waals surface area contributed by atoms with Gasteiger partial charge in [0.2, 0.25) is 0 Å². The molecule has 1 heterocycles. The first-order valence-corrected chi connectivity index (χ1v) is 4.95. The van der Waals surface area contributed by atoms with E-state index in [1.165, 1.54) is 0 Å². The Balaban J connectivity index is 2.50. The zero-order chi connectivity index (χ0) is 9.68. The molecule has 0 amide bonds. The highest BCUT2D eigenvalue weighted by molar-refractivity contribution is 14.1. The van der Waals surface area contributed by atoms with Gasteiger partial charge >= 0.3 is 0 Å². The molecule has 13 heavy (non-hydrogen) atoms. The number of nitrogens with zero attached hydrogens (tertiary/aromatic N) is 1. The van der Waals surface area contributed by atoms with Crippen LogP contribution in [0.25, 0.3) is 0 Å². The zero-order valence-corrected chi connectivity index (χ0v) is 9.10. The summed E-state index contributed by atoms with van der Waals surface area (Å²) in [5.41, 5.74) is 0. The van der Waals surface area contributed by atoms with Gasteiger partial charge in [0, 0.05) is 12.7 Å². The molecule has 0 fully saturated rings. The summed E-state index contributed by atoms with van der Waals surface area (Å²) in [7, 11) is 0. The molecule has 0 radical (unpaired) electrons. The molecule has 3 N–H and O–H groups in total. The van der Waals surface area contributed by atoms with Crippen LogP contribution in [-0.4, -0.2) is 34.5 Å². The molecule has 1 rings (SSSR count). The fourth-order valence-electron chi connectivity index (χ4n) is 0.795. The van der Waals surface area contributed by atoms with Gasteiger partial charge in [-0.05, 0) is 34.7 Å². The van der Waals surface area contributed by atoms with E-state index in [0.717, 1.165) is 9.39 Å². The molecule has 0 spiro atoms. The maximum Gasteiger partial charge on any atom is 0.139 e. The second-order valence-electron chi connectivity index (χ2n) is 2.55. The fourth-order valence-corrected chi connectivity index (χ4v) is 1.33. The summed E-state index contributed by atoms with van der Waals surface area (Å²) in [6.07, 6.45) is 0.938. The lowest BCUT2D eigenvalue weighted by Crippen LogP contribution is -2.23. The monoisotopic (exact) mass is 294 g/mol. The molecule has 1 atom stereocenters. The fraction of sp³-hybridized carbons (Fsp3) is 0.375. The average molecular weight is 294 g/mol. The molecular formula is C8H11IN2O2. The molecule has 0 saturated carbocycles. The lowest BCUT2D eigenvalue weighted by atomic mass is 10.3. The minimum atomic E-state index is -0.738. The second-order valence-corrected chi connectivity index (χ2v) is 3.71. The molecule has 5 heteroatoms. The van der Waals surface area contributed by atoms with Gasteiger partial charge in [-0.2, -0.15) is 0 Å². The van der Waals surface area contributed by atoms with Crippen LogP contribution in [0.15, 0.2) is 18.3 Å². The van der Waals surface area contributed by atoms with Gasteiger partial charge in [0.15, 0.2) is 0 Å². The van der Waals surface area contributed by atoms with E-state index in [2.05, 4.69) is 32.9 Å². The standard InChI is InChI=1S/C8H11IN2O2/c9-7-2-1-3-10-8(7)11-4-6(13)5-12/h1-3,6,12-13H,4-5H2,(H,10,11). The van der Waals surface area contributed by atoms with Gasteiger partial charge in [-0.1, -0.05) is 0 Å². The van der Waals surface area contributed by atoms with Gasteiger partial charge in [0.1, 0.15) is 5.82 Å². The van der Waals surface area contributed by atoms with Crippen molar-refractivity contribution in [2.45, 2.75) is 6.10 Å². The highest BCUT2D eigenvalue weighted by Crippen LogP contribution is 2.13. The summed E-state index contributed by atoms with van der Waals surface area (Å²) in [6, 6.07) is 3.76. The normalized spacial score (nSPS) is 12.5. The number of hydrogen-bond donors (Lipinski definition) is 3. The number of aromatic nitrogens is 1. The summed E-state index contributed by atoms with van der Waals surface area (Å²) in [6.45, 7) is 0.0694. The third-order valence-corrected chi connectivity index (χ3v) is 2.34. The van der Waals surface area contributed by atoms with Gasteiger partial charge < -0.3 is 15.5 Å². The van der Waals surface area contributed by atoms with Gasteiger partial charge in [0.05, 0.1) is 16.3 Å². The number of nitrogens with one attached hydrogen (secondary N) is 1. The number of rotatable bonds is 4. The quantitative estimate of drug-likeness (QED) is 0.706. The Morgan fingerprint density at radius 1 is 1.62 bits per heavy atom. The number of anilines is 1. The Hall–Kier alpha value is -0.400. The van der Waals surface area contributed by atoms with E-state index in [0.29, 0.717) is 6.54 Å².